The minimum absolute atomic E-state index is 0.384. The zero-order valence-corrected chi connectivity index (χ0v) is 11.2. The Bertz CT molecular complexity index is 896. The largest absolute Gasteiger partial charge is 0.326 e. The van der Waals surface area contributed by atoms with Gasteiger partial charge in [0.05, 0.1) is 10.9 Å². The van der Waals surface area contributed by atoms with E-state index in [1.54, 1.807) is 12.1 Å². The van der Waals surface area contributed by atoms with Crippen LogP contribution in [-0.4, -0.2) is 9.97 Å². The van der Waals surface area contributed by atoms with Crippen LogP contribution in [0.4, 0.5) is 0 Å². The molecule has 3 aromatic rings. The molecule has 0 bridgehead atoms. The van der Waals surface area contributed by atoms with E-state index in [4.69, 9.17) is 11.6 Å². The van der Waals surface area contributed by atoms with Gasteiger partial charge in [0.15, 0.2) is 0 Å². The molecule has 1 heterocycles. The quantitative estimate of drug-likeness (QED) is 0.760. The maximum absolute atomic E-state index is 11.8. The van der Waals surface area contributed by atoms with E-state index in [1.165, 1.54) is 0 Å². The van der Waals surface area contributed by atoms with Gasteiger partial charge < -0.3 is 4.98 Å². The zero-order valence-electron chi connectivity index (χ0n) is 10.4. The van der Waals surface area contributed by atoms with Crippen molar-refractivity contribution in [1.29, 1.82) is 0 Å². The summed E-state index contributed by atoms with van der Waals surface area (Å²) < 4.78 is 0. The second-order valence-corrected chi connectivity index (χ2v) is 4.96. The lowest BCUT2D eigenvalue weighted by Gasteiger charge is -2.05. The van der Waals surface area contributed by atoms with Crippen LogP contribution in [0, 0.1) is 0 Å². The van der Waals surface area contributed by atoms with Crippen molar-refractivity contribution < 1.29 is 0 Å². The summed E-state index contributed by atoms with van der Waals surface area (Å²) >= 11 is 6.13. The Balaban J connectivity index is 2.08. The van der Waals surface area contributed by atoms with Gasteiger partial charge in [0, 0.05) is 5.02 Å². The Morgan fingerprint density at radius 3 is 2.60 bits per heavy atom. The smallest absolute Gasteiger partial charge is 0.307 e. The Labute approximate surface area is 119 Å². The molecule has 2 N–H and O–H groups in total. The fourth-order valence-electron chi connectivity index (χ4n) is 2.18. The maximum Gasteiger partial charge on any atom is 0.326 e. The molecule has 0 atom stereocenters. The van der Waals surface area contributed by atoms with Gasteiger partial charge in [-0.3, -0.25) is 9.78 Å². The molecule has 2 aromatic carbocycles. The highest BCUT2D eigenvalue weighted by Gasteiger charge is 2.05. The molecule has 0 aliphatic carbocycles. The van der Waals surface area contributed by atoms with Crippen molar-refractivity contribution in [2.24, 2.45) is 0 Å². The number of aromatic amines is 2. The molecule has 0 aliphatic rings. The standard InChI is InChI=1S/C15H11ClN2O2/c16-12-4-2-1-3-10(12)7-9-5-6-13-11(8-9)14(19)18-15(20)17-13/h1-6,8H,7H2,(H2,17,18,19,20). The van der Waals surface area contributed by atoms with Gasteiger partial charge >= 0.3 is 5.69 Å². The van der Waals surface area contributed by atoms with Gasteiger partial charge in [0.1, 0.15) is 0 Å². The Morgan fingerprint density at radius 1 is 1.00 bits per heavy atom. The molecule has 0 fully saturated rings. The van der Waals surface area contributed by atoms with E-state index in [9.17, 15) is 9.59 Å². The van der Waals surface area contributed by atoms with Crippen molar-refractivity contribution in [2.45, 2.75) is 6.42 Å². The van der Waals surface area contributed by atoms with Gasteiger partial charge in [0.2, 0.25) is 0 Å². The van der Waals surface area contributed by atoms with Gasteiger partial charge in [-0.15, -0.1) is 0 Å². The molecule has 0 radical (unpaired) electrons. The minimum Gasteiger partial charge on any atom is -0.307 e. The highest BCUT2D eigenvalue weighted by molar-refractivity contribution is 6.31. The van der Waals surface area contributed by atoms with Crippen LogP contribution < -0.4 is 11.2 Å². The minimum atomic E-state index is -0.499. The monoisotopic (exact) mass is 286 g/mol. The molecular weight excluding hydrogens is 276 g/mol. The zero-order chi connectivity index (χ0) is 14.1. The van der Waals surface area contributed by atoms with Crippen LogP contribution >= 0.6 is 11.6 Å². The fraction of sp³-hybridized carbons (Fsp3) is 0.0667. The number of aromatic nitrogens is 2. The van der Waals surface area contributed by atoms with Gasteiger partial charge in [-0.05, 0) is 35.7 Å². The van der Waals surface area contributed by atoms with Gasteiger partial charge in [-0.2, -0.15) is 0 Å². The molecule has 0 aliphatic heterocycles. The van der Waals surface area contributed by atoms with Crippen LogP contribution in [0.25, 0.3) is 10.9 Å². The van der Waals surface area contributed by atoms with Crippen molar-refractivity contribution >= 4 is 22.5 Å². The van der Waals surface area contributed by atoms with Gasteiger partial charge in [-0.25, -0.2) is 4.79 Å². The predicted molar refractivity (Wildman–Crippen MR) is 79.4 cm³/mol. The first-order valence-corrected chi connectivity index (χ1v) is 6.50. The van der Waals surface area contributed by atoms with E-state index >= 15 is 0 Å². The van der Waals surface area contributed by atoms with E-state index in [0.717, 1.165) is 11.1 Å². The number of rotatable bonds is 2. The topological polar surface area (TPSA) is 65.7 Å². The summed E-state index contributed by atoms with van der Waals surface area (Å²) in [7, 11) is 0. The number of halogens is 1. The van der Waals surface area contributed by atoms with Crippen LogP contribution in [0.5, 0.6) is 0 Å². The average Bonchev–Trinajstić information content (AvgIpc) is 2.42. The summed E-state index contributed by atoms with van der Waals surface area (Å²) in [5.74, 6) is 0. The number of hydrogen-bond donors (Lipinski definition) is 2. The predicted octanol–water partition coefficient (Wildman–Crippen LogP) is 2.46. The third-order valence-electron chi connectivity index (χ3n) is 3.16. The summed E-state index contributed by atoms with van der Waals surface area (Å²) in [6.07, 6.45) is 0.633. The molecule has 0 saturated carbocycles. The lowest BCUT2D eigenvalue weighted by Crippen LogP contribution is -2.21. The number of fused-ring (bicyclic) bond motifs is 1. The summed E-state index contributed by atoms with van der Waals surface area (Å²) in [4.78, 5) is 27.8. The van der Waals surface area contributed by atoms with E-state index in [1.807, 2.05) is 30.3 Å². The summed E-state index contributed by atoms with van der Waals surface area (Å²) in [5, 5.41) is 1.16. The molecule has 0 saturated heterocycles. The molecule has 0 spiro atoms. The Hall–Kier alpha value is -2.33. The number of H-pyrrole nitrogens is 2. The number of nitrogens with one attached hydrogen (secondary N) is 2. The lowest BCUT2D eigenvalue weighted by atomic mass is 10.0. The van der Waals surface area contributed by atoms with Crippen molar-refractivity contribution in [3.05, 3.63) is 79.5 Å². The first-order chi connectivity index (χ1) is 9.63. The molecule has 0 amide bonds. The second-order valence-electron chi connectivity index (χ2n) is 4.56. The van der Waals surface area contributed by atoms with Crippen LogP contribution in [0.1, 0.15) is 11.1 Å². The van der Waals surface area contributed by atoms with Crippen molar-refractivity contribution in [1.82, 2.24) is 9.97 Å². The molecule has 3 rings (SSSR count). The molecule has 20 heavy (non-hydrogen) atoms. The third kappa shape index (κ3) is 2.38. The normalized spacial score (nSPS) is 10.8. The lowest BCUT2D eigenvalue weighted by molar-refractivity contribution is 1.08. The van der Waals surface area contributed by atoms with E-state index in [0.29, 0.717) is 22.3 Å². The number of benzene rings is 2. The van der Waals surface area contributed by atoms with Crippen molar-refractivity contribution in [3.63, 3.8) is 0 Å². The summed E-state index contributed by atoms with van der Waals surface area (Å²) in [6.45, 7) is 0. The Morgan fingerprint density at radius 2 is 1.80 bits per heavy atom. The highest BCUT2D eigenvalue weighted by Crippen LogP contribution is 2.20. The molecule has 0 unspecified atom stereocenters. The molecular formula is C15H11ClN2O2. The molecule has 1 aromatic heterocycles. The maximum atomic E-state index is 11.8. The molecule has 5 heteroatoms. The second kappa shape index (κ2) is 4.98. The fourth-order valence-corrected chi connectivity index (χ4v) is 2.39. The average molecular weight is 287 g/mol. The van der Waals surface area contributed by atoms with E-state index in [-0.39, 0.29) is 5.56 Å². The van der Waals surface area contributed by atoms with E-state index in [2.05, 4.69) is 9.97 Å². The SMILES string of the molecule is O=c1[nH]c(=O)c2cc(Cc3ccccc3Cl)ccc2[nH]1. The van der Waals surface area contributed by atoms with Gasteiger partial charge in [-0.1, -0.05) is 35.9 Å². The van der Waals surface area contributed by atoms with Crippen molar-refractivity contribution in [3.8, 4) is 0 Å². The Kier molecular flexibility index (Phi) is 3.16. The first kappa shape index (κ1) is 12.7. The van der Waals surface area contributed by atoms with Gasteiger partial charge in [0.25, 0.3) is 5.56 Å². The van der Waals surface area contributed by atoms with Crippen molar-refractivity contribution in [2.75, 3.05) is 0 Å². The summed E-state index contributed by atoms with van der Waals surface area (Å²) in [6, 6.07) is 13.0. The molecule has 4 nitrogen and oxygen atoms in total. The first-order valence-electron chi connectivity index (χ1n) is 6.12. The van der Waals surface area contributed by atoms with Crippen LogP contribution in [-0.2, 0) is 6.42 Å². The third-order valence-corrected chi connectivity index (χ3v) is 3.53. The van der Waals surface area contributed by atoms with Crippen LogP contribution in [0.2, 0.25) is 5.02 Å². The van der Waals surface area contributed by atoms with Crippen LogP contribution in [0.15, 0.2) is 52.1 Å². The van der Waals surface area contributed by atoms with E-state index < -0.39 is 5.69 Å². The summed E-state index contributed by atoms with van der Waals surface area (Å²) in [5.41, 5.74) is 1.60. The highest BCUT2D eigenvalue weighted by atomic mass is 35.5. The van der Waals surface area contributed by atoms with Crippen LogP contribution in [0.3, 0.4) is 0 Å². The molecule has 100 valence electrons. The number of hydrogen-bond acceptors (Lipinski definition) is 2.